The van der Waals surface area contributed by atoms with Crippen LogP contribution in [0.5, 0.6) is 5.75 Å². The zero-order valence-electron chi connectivity index (χ0n) is 23.0. The molecule has 0 saturated carbocycles. The van der Waals surface area contributed by atoms with Crippen molar-refractivity contribution in [3.8, 4) is 11.4 Å². The number of piperazine rings is 1. The smallest absolute Gasteiger partial charge is 0.278 e. The molecule has 2 bridgehead atoms. The molecule has 0 unspecified atom stereocenters. The topological polar surface area (TPSA) is 101 Å². The average Bonchev–Trinajstić information content (AvgIpc) is 3.26. The maximum absolute atomic E-state index is 13.5. The van der Waals surface area contributed by atoms with E-state index in [-0.39, 0.29) is 18.1 Å². The molecule has 41 heavy (non-hydrogen) atoms. The fraction of sp³-hybridized carbons (Fsp3) is 0.333. The minimum atomic E-state index is -0.174. The molecule has 1 fully saturated rings. The van der Waals surface area contributed by atoms with Gasteiger partial charge in [-0.15, -0.1) is 0 Å². The first-order chi connectivity index (χ1) is 20.0. The van der Waals surface area contributed by atoms with Crippen molar-refractivity contribution in [3.63, 3.8) is 0 Å². The molecule has 4 aromatic rings. The number of amides is 1. The van der Waals surface area contributed by atoms with Gasteiger partial charge in [0.1, 0.15) is 11.1 Å². The van der Waals surface area contributed by atoms with Crippen molar-refractivity contribution in [2.24, 2.45) is 0 Å². The molecule has 0 radical (unpaired) electrons. The number of carbonyl (C=O) groups is 1. The summed E-state index contributed by atoms with van der Waals surface area (Å²) in [5, 5.41) is 3.73. The van der Waals surface area contributed by atoms with E-state index in [0.717, 1.165) is 44.7 Å². The molecule has 210 valence electrons. The Hall–Kier alpha value is -4.64. The lowest BCUT2D eigenvalue weighted by Crippen LogP contribution is -2.44. The average molecular weight is 553 g/mol. The number of ether oxygens (including phenoxy) is 1. The van der Waals surface area contributed by atoms with Crippen molar-refractivity contribution in [1.29, 1.82) is 0 Å². The Kier molecular flexibility index (Phi) is 6.43. The van der Waals surface area contributed by atoms with Crippen molar-refractivity contribution in [1.82, 2.24) is 24.2 Å². The lowest BCUT2D eigenvalue weighted by atomic mass is 10.1. The van der Waals surface area contributed by atoms with Gasteiger partial charge in [-0.3, -0.25) is 9.59 Å². The number of carbonyl (C=O) groups excluding carboxylic acids is 1. The number of fused-ring (bicyclic) bond motifs is 5. The second kappa shape index (κ2) is 10.4. The molecule has 11 nitrogen and oxygen atoms in total. The van der Waals surface area contributed by atoms with E-state index in [1.54, 1.807) is 15.8 Å². The Bertz CT molecular complexity index is 1700. The fourth-order valence-corrected chi connectivity index (χ4v) is 5.69. The number of nitrogens with one attached hydrogen (secondary N) is 1. The largest absolute Gasteiger partial charge is 0.482 e. The number of aromatic nitrogens is 4. The lowest BCUT2D eigenvalue weighted by molar-refractivity contribution is -0.121. The minimum absolute atomic E-state index is 0.0257. The van der Waals surface area contributed by atoms with Gasteiger partial charge in [-0.05, 0) is 62.4 Å². The van der Waals surface area contributed by atoms with Gasteiger partial charge in [0.15, 0.2) is 12.3 Å². The fourth-order valence-electron chi connectivity index (χ4n) is 5.69. The minimum Gasteiger partial charge on any atom is -0.482 e. The summed E-state index contributed by atoms with van der Waals surface area (Å²) in [6.07, 6.45) is 7.25. The van der Waals surface area contributed by atoms with Gasteiger partial charge < -0.3 is 24.8 Å². The molecule has 3 aliphatic rings. The number of likely N-dealkylation sites (N-methyl/N-ethyl adjacent to an activating group) is 1. The first kappa shape index (κ1) is 25.3. The maximum atomic E-state index is 13.5. The third kappa shape index (κ3) is 4.71. The Balaban J connectivity index is 1.26. The number of anilines is 4. The van der Waals surface area contributed by atoms with E-state index < -0.39 is 0 Å². The predicted molar refractivity (Wildman–Crippen MR) is 159 cm³/mol. The van der Waals surface area contributed by atoms with E-state index in [1.165, 1.54) is 5.69 Å². The van der Waals surface area contributed by atoms with Crippen molar-refractivity contribution < 1.29 is 9.53 Å². The van der Waals surface area contributed by atoms with Crippen LogP contribution in [0, 0.1) is 0 Å². The van der Waals surface area contributed by atoms with Gasteiger partial charge in [0, 0.05) is 50.3 Å². The van der Waals surface area contributed by atoms with Crippen LogP contribution in [0.15, 0.2) is 65.6 Å². The third-order valence-corrected chi connectivity index (χ3v) is 8.00. The third-order valence-electron chi connectivity index (χ3n) is 8.00. The van der Waals surface area contributed by atoms with E-state index in [4.69, 9.17) is 9.72 Å². The quantitative estimate of drug-likeness (QED) is 0.387. The summed E-state index contributed by atoms with van der Waals surface area (Å²) < 4.78 is 9.18. The van der Waals surface area contributed by atoms with Gasteiger partial charge in [-0.2, -0.15) is 4.98 Å². The molecule has 1 saturated heterocycles. The number of hydrogen-bond acceptors (Lipinski definition) is 8. The first-order valence-corrected chi connectivity index (χ1v) is 14.1. The van der Waals surface area contributed by atoms with Crippen LogP contribution in [0.4, 0.5) is 23.0 Å². The van der Waals surface area contributed by atoms with Gasteiger partial charge in [0.25, 0.3) is 11.5 Å². The van der Waals surface area contributed by atoms with E-state index in [0.29, 0.717) is 47.2 Å². The number of nitrogens with zero attached hydrogens (tertiary/aromatic N) is 7. The van der Waals surface area contributed by atoms with Crippen LogP contribution in [-0.4, -0.2) is 76.5 Å². The summed E-state index contributed by atoms with van der Waals surface area (Å²) >= 11 is 0. The molecule has 1 amide bonds. The van der Waals surface area contributed by atoms with E-state index in [9.17, 15) is 9.59 Å². The van der Waals surface area contributed by atoms with Crippen LogP contribution in [-0.2, 0) is 11.3 Å². The molecule has 2 aromatic heterocycles. The number of allylic oxidation sites excluding steroid dienone is 2. The highest BCUT2D eigenvalue weighted by molar-refractivity contribution is 5.98. The highest BCUT2D eigenvalue weighted by atomic mass is 16.5. The number of benzene rings is 2. The van der Waals surface area contributed by atoms with E-state index in [1.807, 2.05) is 41.1 Å². The zero-order chi connectivity index (χ0) is 27.9. The van der Waals surface area contributed by atoms with Crippen LogP contribution >= 0.6 is 0 Å². The summed E-state index contributed by atoms with van der Waals surface area (Å²) in [5.74, 6) is 0.978. The van der Waals surface area contributed by atoms with Gasteiger partial charge in [-0.25, -0.2) is 14.3 Å². The van der Waals surface area contributed by atoms with Crippen LogP contribution < -0.4 is 25.4 Å². The molecule has 5 heterocycles. The van der Waals surface area contributed by atoms with Gasteiger partial charge in [0.2, 0.25) is 5.95 Å². The molecule has 2 aromatic carbocycles. The summed E-state index contributed by atoms with van der Waals surface area (Å²) in [6.45, 7) is 5.14. The number of hydrogen-bond donors (Lipinski definition) is 1. The van der Waals surface area contributed by atoms with Crippen molar-refractivity contribution in [3.05, 3.63) is 71.2 Å². The van der Waals surface area contributed by atoms with Crippen molar-refractivity contribution in [2.45, 2.75) is 19.4 Å². The van der Waals surface area contributed by atoms with Gasteiger partial charge >= 0.3 is 0 Å². The summed E-state index contributed by atoms with van der Waals surface area (Å²) in [4.78, 5) is 42.0. The summed E-state index contributed by atoms with van der Waals surface area (Å²) in [6, 6.07) is 13.9. The molecule has 3 aliphatic heterocycles. The van der Waals surface area contributed by atoms with Gasteiger partial charge in [0.05, 0.1) is 17.9 Å². The summed E-state index contributed by atoms with van der Waals surface area (Å²) in [7, 11) is 2.15. The lowest BCUT2D eigenvalue weighted by Gasteiger charge is -2.34. The zero-order valence-corrected chi connectivity index (χ0v) is 23.0. The van der Waals surface area contributed by atoms with Crippen LogP contribution in [0.25, 0.3) is 16.7 Å². The molecule has 11 heteroatoms. The normalized spacial score (nSPS) is 18.3. The van der Waals surface area contributed by atoms with Crippen LogP contribution in [0.3, 0.4) is 0 Å². The molecular formula is C30H32N8O3. The molecule has 7 rings (SSSR count). The van der Waals surface area contributed by atoms with Crippen molar-refractivity contribution in [2.75, 3.05) is 61.5 Å². The van der Waals surface area contributed by atoms with E-state index in [2.05, 4.69) is 45.4 Å². The standard InChI is InChI=1S/C30H32N8O3/c1-34-14-16-35(17-15-34)22-8-6-21(7-9-22)32-30-31-19-24-28(33-30)38-23-10-11-26-25(18-23)36(27(39)20-41-26)12-4-2-3-5-13-37(38)29(24)40/h3,5-11,18-19H,2,4,12-17,20H2,1H3,(H,31,32,33)/b5-3-. The first-order valence-electron chi connectivity index (χ1n) is 14.1. The predicted octanol–water partition coefficient (Wildman–Crippen LogP) is 3.15. The molecule has 1 N–H and O–H groups in total. The molecule has 0 atom stereocenters. The monoisotopic (exact) mass is 552 g/mol. The molecule has 0 spiro atoms. The van der Waals surface area contributed by atoms with Crippen molar-refractivity contribution >= 4 is 40.0 Å². The highest BCUT2D eigenvalue weighted by Gasteiger charge is 2.27. The SMILES string of the molecule is CN1CCN(c2ccc(Nc3ncc4c(=O)n5n(c4n3)-c3ccc4c(c3)N(CCC/C=C\C5)C(=O)CO4)cc2)CC1. The Morgan fingerprint density at radius 3 is 2.56 bits per heavy atom. The van der Waals surface area contributed by atoms with Crippen LogP contribution in [0.2, 0.25) is 0 Å². The maximum Gasteiger partial charge on any atom is 0.278 e. The Labute approximate surface area is 237 Å². The summed E-state index contributed by atoms with van der Waals surface area (Å²) in [5.41, 5.74) is 3.79. The van der Waals surface area contributed by atoms with E-state index >= 15 is 0 Å². The van der Waals surface area contributed by atoms with Crippen LogP contribution in [0.1, 0.15) is 12.8 Å². The Morgan fingerprint density at radius 1 is 0.927 bits per heavy atom. The molecule has 0 aliphatic carbocycles. The van der Waals surface area contributed by atoms with Gasteiger partial charge in [-0.1, -0.05) is 12.2 Å². The number of rotatable bonds is 3. The second-order valence-corrected chi connectivity index (χ2v) is 10.7. The highest BCUT2D eigenvalue weighted by Crippen LogP contribution is 2.35. The molecular weight excluding hydrogens is 520 g/mol. The Morgan fingerprint density at radius 2 is 1.73 bits per heavy atom. The second-order valence-electron chi connectivity index (χ2n) is 10.7.